The fourth-order valence-electron chi connectivity index (χ4n) is 2.91. The molecular weight excluding hydrogens is 384 g/mol. The molecule has 0 aliphatic carbocycles. The maximum absolute atomic E-state index is 12.6. The van der Waals surface area contributed by atoms with Crippen molar-refractivity contribution in [3.63, 3.8) is 0 Å². The lowest BCUT2D eigenvalue weighted by Crippen LogP contribution is -2.21. The Balaban J connectivity index is 1.75. The first-order chi connectivity index (χ1) is 13.1. The molecule has 0 saturated heterocycles. The van der Waals surface area contributed by atoms with Gasteiger partial charge in [0.1, 0.15) is 16.0 Å². The second-order valence-electron chi connectivity index (χ2n) is 5.82. The minimum Gasteiger partial charge on any atom is -0.497 e. The van der Waals surface area contributed by atoms with Crippen molar-refractivity contribution in [1.82, 2.24) is 9.55 Å². The predicted octanol–water partition coefficient (Wildman–Crippen LogP) is 3.89. The Hall–Kier alpha value is -2.58. The van der Waals surface area contributed by atoms with Crippen molar-refractivity contribution in [2.45, 2.75) is 24.4 Å². The van der Waals surface area contributed by atoms with Crippen LogP contribution in [-0.4, -0.2) is 16.7 Å². The fraction of sp³-hybridized carbons (Fsp3) is 0.211. The number of hydrogen-bond acceptors (Lipinski definition) is 7. The lowest BCUT2D eigenvalue weighted by molar-refractivity contribution is 0.414. The number of fused-ring (bicyclic) bond motifs is 2. The highest BCUT2D eigenvalue weighted by molar-refractivity contribution is 7.98. The predicted molar refractivity (Wildman–Crippen MR) is 108 cm³/mol. The standard InChI is InChI=1S/C19H16N2O4S2/c1-3-21-18(23)17-14(6-7-26-17)20-19(21)27-10-11-8-16(22)25-15-9-12(24-2)4-5-13(11)15/h4-9H,3,10H2,1-2H3. The Kier molecular flexibility index (Phi) is 4.75. The van der Waals surface area contributed by atoms with Crippen LogP contribution in [0, 0.1) is 0 Å². The molecule has 4 rings (SSSR count). The minimum atomic E-state index is -0.416. The van der Waals surface area contributed by atoms with Crippen molar-refractivity contribution in [2.24, 2.45) is 0 Å². The molecule has 0 spiro atoms. The van der Waals surface area contributed by atoms with Gasteiger partial charge in [-0.1, -0.05) is 11.8 Å². The van der Waals surface area contributed by atoms with E-state index in [4.69, 9.17) is 9.15 Å². The molecule has 0 atom stereocenters. The molecule has 0 N–H and O–H groups in total. The second kappa shape index (κ2) is 7.21. The lowest BCUT2D eigenvalue weighted by atomic mass is 10.1. The van der Waals surface area contributed by atoms with E-state index in [9.17, 15) is 9.59 Å². The summed E-state index contributed by atoms with van der Waals surface area (Å²) < 4.78 is 12.8. The molecule has 0 amide bonds. The van der Waals surface area contributed by atoms with Crippen LogP contribution < -0.4 is 15.9 Å². The third-order valence-corrected chi connectivity index (χ3v) is 6.16. The average molecular weight is 400 g/mol. The van der Waals surface area contributed by atoms with E-state index < -0.39 is 5.63 Å². The molecular formula is C19H16N2O4S2. The van der Waals surface area contributed by atoms with Gasteiger partial charge in [0.25, 0.3) is 5.56 Å². The number of thiophene rings is 1. The van der Waals surface area contributed by atoms with Crippen LogP contribution in [0.2, 0.25) is 0 Å². The third kappa shape index (κ3) is 3.26. The van der Waals surface area contributed by atoms with Gasteiger partial charge in [0.05, 0.1) is 12.6 Å². The number of thioether (sulfide) groups is 1. The van der Waals surface area contributed by atoms with Crippen molar-refractivity contribution in [1.29, 1.82) is 0 Å². The first-order valence-electron chi connectivity index (χ1n) is 8.32. The van der Waals surface area contributed by atoms with Gasteiger partial charge in [0, 0.05) is 29.8 Å². The summed E-state index contributed by atoms with van der Waals surface area (Å²) in [7, 11) is 1.56. The SMILES string of the molecule is CCn1c(SCc2cc(=O)oc3cc(OC)ccc23)nc2ccsc2c1=O. The van der Waals surface area contributed by atoms with Crippen LogP contribution >= 0.6 is 23.1 Å². The smallest absolute Gasteiger partial charge is 0.336 e. The van der Waals surface area contributed by atoms with E-state index in [2.05, 4.69) is 4.98 Å². The normalized spacial score (nSPS) is 11.3. The fourth-order valence-corrected chi connectivity index (χ4v) is 4.74. The number of ether oxygens (including phenoxy) is 1. The molecule has 6 nitrogen and oxygen atoms in total. The maximum atomic E-state index is 12.6. The molecule has 0 fully saturated rings. The van der Waals surface area contributed by atoms with E-state index in [1.165, 1.54) is 29.2 Å². The highest BCUT2D eigenvalue weighted by Gasteiger charge is 2.13. The summed E-state index contributed by atoms with van der Waals surface area (Å²) in [6, 6.07) is 8.73. The highest BCUT2D eigenvalue weighted by Crippen LogP contribution is 2.28. The summed E-state index contributed by atoms with van der Waals surface area (Å²) in [6.07, 6.45) is 0. The Bertz CT molecular complexity index is 1260. The van der Waals surface area contributed by atoms with Gasteiger partial charge in [0.15, 0.2) is 5.16 Å². The first-order valence-corrected chi connectivity index (χ1v) is 10.2. The number of benzene rings is 1. The van der Waals surface area contributed by atoms with Gasteiger partial charge >= 0.3 is 5.63 Å². The van der Waals surface area contributed by atoms with Gasteiger partial charge in [0.2, 0.25) is 0 Å². The number of rotatable bonds is 5. The molecule has 0 aliphatic heterocycles. The van der Waals surface area contributed by atoms with Crippen LogP contribution in [0.1, 0.15) is 12.5 Å². The van der Waals surface area contributed by atoms with Gasteiger partial charge in [-0.15, -0.1) is 11.3 Å². The zero-order valence-electron chi connectivity index (χ0n) is 14.7. The molecule has 0 bridgehead atoms. The third-order valence-electron chi connectivity index (χ3n) is 4.24. The average Bonchev–Trinajstić information content (AvgIpc) is 3.14. The highest BCUT2D eigenvalue weighted by atomic mass is 32.2. The van der Waals surface area contributed by atoms with E-state index in [1.807, 2.05) is 30.5 Å². The Morgan fingerprint density at radius 1 is 1.26 bits per heavy atom. The number of methoxy groups -OCH3 is 1. The quantitative estimate of drug-likeness (QED) is 0.287. The van der Waals surface area contributed by atoms with Gasteiger partial charge in [-0.3, -0.25) is 9.36 Å². The number of nitrogens with zero attached hydrogens (tertiary/aromatic N) is 2. The lowest BCUT2D eigenvalue weighted by Gasteiger charge is -2.10. The molecule has 27 heavy (non-hydrogen) atoms. The van der Waals surface area contributed by atoms with Gasteiger partial charge in [-0.25, -0.2) is 9.78 Å². The molecule has 1 aromatic carbocycles. The molecule has 4 aromatic rings. The summed E-state index contributed by atoms with van der Waals surface area (Å²) >= 11 is 2.84. The largest absolute Gasteiger partial charge is 0.497 e. The molecule has 0 unspecified atom stereocenters. The number of aromatic nitrogens is 2. The Morgan fingerprint density at radius 3 is 2.89 bits per heavy atom. The van der Waals surface area contributed by atoms with Crippen molar-refractivity contribution in [3.05, 3.63) is 62.0 Å². The van der Waals surface area contributed by atoms with E-state index >= 15 is 0 Å². The van der Waals surface area contributed by atoms with Crippen molar-refractivity contribution >= 4 is 44.3 Å². The molecule has 0 saturated carbocycles. The van der Waals surface area contributed by atoms with Crippen molar-refractivity contribution in [3.8, 4) is 5.75 Å². The van der Waals surface area contributed by atoms with Crippen molar-refractivity contribution < 1.29 is 9.15 Å². The van der Waals surface area contributed by atoms with E-state index in [0.29, 0.717) is 39.0 Å². The van der Waals surface area contributed by atoms with Crippen LogP contribution in [0.25, 0.3) is 21.2 Å². The second-order valence-corrected chi connectivity index (χ2v) is 7.68. The Morgan fingerprint density at radius 2 is 2.11 bits per heavy atom. The summed E-state index contributed by atoms with van der Waals surface area (Å²) in [4.78, 5) is 29.2. The zero-order chi connectivity index (χ0) is 19.0. The molecule has 138 valence electrons. The van der Waals surface area contributed by atoms with Crippen LogP contribution in [0.15, 0.2) is 54.9 Å². The van der Waals surface area contributed by atoms with Gasteiger partial charge < -0.3 is 9.15 Å². The first kappa shape index (κ1) is 17.8. The molecule has 3 heterocycles. The van der Waals surface area contributed by atoms with E-state index in [0.717, 1.165) is 10.9 Å². The Labute approximate surface area is 162 Å². The molecule has 8 heteroatoms. The van der Waals surface area contributed by atoms with Crippen LogP contribution in [0.3, 0.4) is 0 Å². The van der Waals surface area contributed by atoms with Crippen molar-refractivity contribution in [2.75, 3.05) is 7.11 Å². The molecule has 0 aliphatic rings. The summed E-state index contributed by atoms with van der Waals surface area (Å²) in [6.45, 7) is 2.46. The summed E-state index contributed by atoms with van der Waals surface area (Å²) in [5, 5.41) is 3.35. The topological polar surface area (TPSA) is 74.3 Å². The monoisotopic (exact) mass is 400 g/mol. The summed E-state index contributed by atoms with van der Waals surface area (Å²) in [5.74, 6) is 1.12. The maximum Gasteiger partial charge on any atom is 0.336 e. The van der Waals surface area contributed by atoms with E-state index in [-0.39, 0.29) is 5.56 Å². The minimum absolute atomic E-state index is 0.0258. The molecule has 0 radical (unpaired) electrons. The summed E-state index contributed by atoms with van der Waals surface area (Å²) in [5.41, 5.74) is 1.57. The van der Waals surface area contributed by atoms with E-state index in [1.54, 1.807) is 17.7 Å². The van der Waals surface area contributed by atoms with Gasteiger partial charge in [-0.05, 0) is 36.1 Å². The van der Waals surface area contributed by atoms with Gasteiger partial charge in [-0.2, -0.15) is 0 Å². The number of hydrogen-bond donors (Lipinski definition) is 0. The van der Waals surface area contributed by atoms with Crippen LogP contribution in [0.4, 0.5) is 0 Å². The zero-order valence-corrected chi connectivity index (χ0v) is 16.4. The van der Waals surface area contributed by atoms with Crippen LogP contribution in [-0.2, 0) is 12.3 Å². The van der Waals surface area contributed by atoms with Crippen LogP contribution in [0.5, 0.6) is 5.75 Å². The molecule has 3 aromatic heterocycles.